The standard InChI is InChI=1S/C23H20N2O4S/c1-14-5-3-4-6-19(14)23-25-16(13-30-23)11-24-21(26)12-28-17-7-8-18-15(2)9-22(27)29-20(18)10-17/h3-10,13H,11-12H2,1-2H3,(H,24,26). The van der Waals surface area contributed by atoms with E-state index in [1.807, 2.05) is 36.6 Å². The van der Waals surface area contributed by atoms with Crippen LogP contribution in [-0.4, -0.2) is 17.5 Å². The van der Waals surface area contributed by atoms with Crippen molar-refractivity contribution in [1.82, 2.24) is 10.3 Å². The van der Waals surface area contributed by atoms with Gasteiger partial charge in [0.2, 0.25) is 0 Å². The Hall–Kier alpha value is -3.45. The Balaban J connectivity index is 1.34. The first-order valence-corrected chi connectivity index (χ1v) is 10.3. The molecule has 0 saturated carbocycles. The molecule has 0 unspecified atom stereocenters. The summed E-state index contributed by atoms with van der Waals surface area (Å²) >= 11 is 1.55. The lowest BCUT2D eigenvalue weighted by atomic mass is 10.1. The summed E-state index contributed by atoms with van der Waals surface area (Å²) in [6.45, 7) is 4.08. The summed E-state index contributed by atoms with van der Waals surface area (Å²) in [7, 11) is 0. The highest BCUT2D eigenvalue weighted by molar-refractivity contribution is 7.13. The molecule has 152 valence electrons. The molecule has 0 spiro atoms. The van der Waals surface area contributed by atoms with Crippen LogP contribution in [0.25, 0.3) is 21.5 Å². The lowest BCUT2D eigenvalue weighted by Crippen LogP contribution is -2.28. The predicted octanol–water partition coefficient (Wildman–Crippen LogP) is 4.23. The minimum atomic E-state index is -0.414. The minimum absolute atomic E-state index is 0.143. The van der Waals surface area contributed by atoms with Crippen molar-refractivity contribution in [2.24, 2.45) is 0 Å². The van der Waals surface area contributed by atoms with Gasteiger partial charge in [-0.2, -0.15) is 0 Å². The van der Waals surface area contributed by atoms with Gasteiger partial charge in [-0.1, -0.05) is 24.3 Å². The fourth-order valence-corrected chi connectivity index (χ4v) is 4.02. The quantitative estimate of drug-likeness (QED) is 0.472. The van der Waals surface area contributed by atoms with Gasteiger partial charge in [0.25, 0.3) is 5.91 Å². The fraction of sp³-hybridized carbons (Fsp3) is 0.174. The molecule has 0 fully saturated rings. The number of aryl methyl sites for hydroxylation is 2. The maximum Gasteiger partial charge on any atom is 0.336 e. The van der Waals surface area contributed by atoms with Gasteiger partial charge in [-0.25, -0.2) is 9.78 Å². The van der Waals surface area contributed by atoms with Crippen LogP contribution in [-0.2, 0) is 11.3 Å². The van der Waals surface area contributed by atoms with E-state index in [4.69, 9.17) is 9.15 Å². The van der Waals surface area contributed by atoms with Crippen LogP contribution in [0.2, 0.25) is 0 Å². The summed E-state index contributed by atoms with van der Waals surface area (Å²) in [5, 5.41) is 6.52. The van der Waals surface area contributed by atoms with E-state index in [1.54, 1.807) is 23.5 Å². The molecular formula is C23H20N2O4S. The third-order valence-electron chi connectivity index (χ3n) is 4.69. The first-order valence-electron chi connectivity index (χ1n) is 9.44. The van der Waals surface area contributed by atoms with Crippen LogP contribution in [0.15, 0.2) is 63.1 Å². The summed E-state index contributed by atoms with van der Waals surface area (Å²) in [6, 6.07) is 14.7. The van der Waals surface area contributed by atoms with Crippen LogP contribution in [0, 0.1) is 13.8 Å². The van der Waals surface area contributed by atoms with E-state index in [9.17, 15) is 9.59 Å². The first-order chi connectivity index (χ1) is 14.5. The largest absolute Gasteiger partial charge is 0.484 e. The number of ether oxygens (including phenoxy) is 1. The number of amides is 1. The van der Waals surface area contributed by atoms with E-state index >= 15 is 0 Å². The monoisotopic (exact) mass is 420 g/mol. The van der Waals surface area contributed by atoms with Crippen molar-refractivity contribution in [3.05, 3.63) is 81.2 Å². The fourth-order valence-electron chi connectivity index (χ4n) is 3.11. The zero-order chi connectivity index (χ0) is 21.1. The van der Waals surface area contributed by atoms with Crippen LogP contribution in [0.4, 0.5) is 0 Å². The van der Waals surface area contributed by atoms with Crippen molar-refractivity contribution in [3.8, 4) is 16.3 Å². The number of nitrogens with one attached hydrogen (secondary N) is 1. The molecule has 2 aromatic carbocycles. The minimum Gasteiger partial charge on any atom is -0.484 e. The van der Waals surface area contributed by atoms with Crippen LogP contribution < -0.4 is 15.7 Å². The second-order valence-corrected chi connectivity index (χ2v) is 7.79. The van der Waals surface area contributed by atoms with Crippen molar-refractivity contribution in [3.63, 3.8) is 0 Å². The van der Waals surface area contributed by atoms with Crippen molar-refractivity contribution >= 4 is 28.2 Å². The number of carbonyl (C=O) groups is 1. The molecule has 1 N–H and O–H groups in total. The maximum absolute atomic E-state index is 12.2. The number of thiazole rings is 1. The molecule has 4 aromatic rings. The maximum atomic E-state index is 12.2. The summed E-state index contributed by atoms with van der Waals surface area (Å²) in [5.74, 6) is 0.202. The second-order valence-electron chi connectivity index (χ2n) is 6.93. The van der Waals surface area contributed by atoms with Gasteiger partial charge in [0.05, 0.1) is 12.2 Å². The Morgan fingerprint density at radius 2 is 1.97 bits per heavy atom. The lowest BCUT2D eigenvalue weighted by molar-refractivity contribution is -0.123. The van der Waals surface area contributed by atoms with Crippen LogP contribution >= 0.6 is 11.3 Å². The molecule has 6 nitrogen and oxygen atoms in total. The summed E-state index contributed by atoms with van der Waals surface area (Å²) in [6.07, 6.45) is 0. The number of benzene rings is 2. The molecule has 0 aliphatic carbocycles. The topological polar surface area (TPSA) is 81.4 Å². The van der Waals surface area contributed by atoms with Crippen molar-refractivity contribution < 1.29 is 13.9 Å². The number of aromatic nitrogens is 1. The van der Waals surface area contributed by atoms with Gasteiger partial charge < -0.3 is 14.5 Å². The third-order valence-corrected chi connectivity index (χ3v) is 5.61. The Morgan fingerprint density at radius 3 is 2.80 bits per heavy atom. The molecule has 2 heterocycles. The van der Waals surface area contributed by atoms with Gasteiger partial charge in [-0.15, -0.1) is 11.3 Å². The molecule has 30 heavy (non-hydrogen) atoms. The summed E-state index contributed by atoms with van der Waals surface area (Å²) in [4.78, 5) is 28.3. The number of hydrogen-bond donors (Lipinski definition) is 1. The molecule has 0 saturated heterocycles. The van der Waals surface area contributed by atoms with Crippen molar-refractivity contribution in [2.75, 3.05) is 6.61 Å². The summed E-state index contributed by atoms with van der Waals surface area (Å²) in [5.41, 5.74) is 3.92. The average Bonchev–Trinajstić information content (AvgIpc) is 3.19. The van der Waals surface area contributed by atoms with E-state index in [0.717, 1.165) is 32.8 Å². The van der Waals surface area contributed by atoms with E-state index < -0.39 is 5.63 Å². The Morgan fingerprint density at radius 1 is 1.13 bits per heavy atom. The molecule has 0 aliphatic rings. The molecular weight excluding hydrogens is 400 g/mol. The predicted molar refractivity (Wildman–Crippen MR) is 117 cm³/mol. The molecule has 0 bridgehead atoms. The molecule has 2 aromatic heterocycles. The number of carbonyl (C=O) groups excluding carboxylic acids is 1. The zero-order valence-electron chi connectivity index (χ0n) is 16.6. The molecule has 4 rings (SSSR count). The van der Waals surface area contributed by atoms with E-state index in [2.05, 4.69) is 23.3 Å². The third kappa shape index (κ3) is 4.41. The first kappa shape index (κ1) is 19.8. The highest BCUT2D eigenvalue weighted by atomic mass is 32.1. The van der Waals surface area contributed by atoms with Gasteiger partial charge in [-0.05, 0) is 37.1 Å². The smallest absolute Gasteiger partial charge is 0.336 e. The van der Waals surface area contributed by atoms with Gasteiger partial charge in [-0.3, -0.25) is 4.79 Å². The van der Waals surface area contributed by atoms with Gasteiger partial charge in [0.1, 0.15) is 16.3 Å². The molecule has 0 radical (unpaired) electrons. The zero-order valence-corrected chi connectivity index (χ0v) is 17.4. The van der Waals surface area contributed by atoms with Crippen LogP contribution in [0.5, 0.6) is 5.75 Å². The molecule has 1 amide bonds. The number of hydrogen-bond acceptors (Lipinski definition) is 6. The van der Waals surface area contributed by atoms with Gasteiger partial charge >= 0.3 is 5.63 Å². The average molecular weight is 420 g/mol. The number of rotatable bonds is 6. The van der Waals surface area contributed by atoms with Crippen LogP contribution in [0.3, 0.4) is 0 Å². The van der Waals surface area contributed by atoms with E-state index in [0.29, 0.717) is 17.9 Å². The highest BCUT2D eigenvalue weighted by Crippen LogP contribution is 2.26. The van der Waals surface area contributed by atoms with E-state index in [-0.39, 0.29) is 12.5 Å². The van der Waals surface area contributed by atoms with Gasteiger partial charge in [0, 0.05) is 28.5 Å². The summed E-state index contributed by atoms with van der Waals surface area (Å²) < 4.78 is 10.7. The second kappa shape index (κ2) is 8.51. The SMILES string of the molecule is Cc1ccccc1-c1nc(CNC(=O)COc2ccc3c(C)cc(=O)oc3c2)cs1. The van der Waals surface area contributed by atoms with Crippen LogP contribution in [0.1, 0.15) is 16.8 Å². The normalized spacial score (nSPS) is 10.9. The number of fused-ring (bicyclic) bond motifs is 1. The lowest BCUT2D eigenvalue weighted by Gasteiger charge is -2.08. The molecule has 0 aliphatic heterocycles. The number of nitrogens with zero attached hydrogens (tertiary/aromatic N) is 1. The van der Waals surface area contributed by atoms with Crippen molar-refractivity contribution in [1.29, 1.82) is 0 Å². The molecule has 0 atom stereocenters. The van der Waals surface area contributed by atoms with Crippen molar-refractivity contribution in [2.45, 2.75) is 20.4 Å². The Labute approximate surface area is 177 Å². The van der Waals surface area contributed by atoms with E-state index in [1.165, 1.54) is 6.07 Å². The van der Waals surface area contributed by atoms with Gasteiger partial charge in [0.15, 0.2) is 6.61 Å². The Bertz CT molecular complexity index is 1280. The Kier molecular flexibility index (Phi) is 5.63. The molecule has 7 heteroatoms. The highest BCUT2D eigenvalue weighted by Gasteiger charge is 2.10.